The van der Waals surface area contributed by atoms with Gasteiger partial charge < -0.3 is 9.84 Å². The van der Waals surface area contributed by atoms with Gasteiger partial charge in [0.15, 0.2) is 0 Å². The predicted molar refractivity (Wildman–Crippen MR) is 119 cm³/mol. The Morgan fingerprint density at radius 3 is 2.52 bits per heavy atom. The van der Waals surface area contributed by atoms with E-state index in [0.29, 0.717) is 21.9 Å². The number of rotatable bonds is 5. The van der Waals surface area contributed by atoms with Crippen molar-refractivity contribution in [2.24, 2.45) is 0 Å². The molecule has 33 heavy (non-hydrogen) atoms. The predicted octanol–water partition coefficient (Wildman–Crippen LogP) is 4.43. The van der Waals surface area contributed by atoms with Crippen molar-refractivity contribution in [1.29, 1.82) is 0 Å². The number of hydrogen-bond donors (Lipinski definition) is 2. The fraction of sp³-hybridized carbons (Fsp3) is 0.0417. The van der Waals surface area contributed by atoms with Crippen LogP contribution in [0.25, 0.3) is 6.08 Å². The summed E-state index contributed by atoms with van der Waals surface area (Å²) in [6.45, 7) is 0.0355. The minimum Gasteiger partial charge on any atom is -0.508 e. The third kappa shape index (κ3) is 4.86. The third-order valence-electron chi connectivity index (χ3n) is 4.76. The van der Waals surface area contributed by atoms with Gasteiger partial charge in [-0.3, -0.25) is 14.9 Å². The van der Waals surface area contributed by atoms with E-state index in [9.17, 15) is 23.9 Å². The molecule has 7 nitrogen and oxygen atoms in total. The van der Waals surface area contributed by atoms with Crippen LogP contribution in [-0.2, 0) is 16.2 Å². The van der Waals surface area contributed by atoms with Gasteiger partial charge in [0, 0.05) is 10.6 Å². The number of urea groups is 1. The number of phenolic OH excluding ortho intramolecular Hbond substituents is 1. The minimum atomic E-state index is -0.915. The number of phenols is 1. The molecule has 0 spiro atoms. The molecular weight excluding hydrogens is 451 g/mol. The van der Waals surface area contributed by atoms with E-state index in [4.69, 9.17) is 16.3 Å². The summed E-state index contributed by atoms with van der Waals surface area (Å²) in [7, 11) is 0. The Bertz CT molecular complexity index is 1290. The highest BCUT2D eigenvalue weighted by molar-refractivity contribution is 6.39. The number of ether oxygens (including phenoxy) is 1. The van der Waals surface area contributed by atoms with E-state index in [1.807, 2.05) is 0 Å². The third-order valence-corrected chi connectivity index (χ3v) is 5.00. The lowest BCUT2D eigenvalue weighted by Crippen LogP contribution is -2.54. The molecule has 0 bridgehead atoms. The first-order valence-corrected chi connectivity index (χ1v) is 10.1. The number of halogens is 2. The van der Waals surface area contributed by atoms with Gasteiger partial charge in [-0.05, 0) is 66.2 Å². The molecule has 0 unspecified atom stereocenters. The highest BCUT2D eigenvalue weighted by Gasteiger charge is 2.37. The van der Waals surface area contributed by atoms with E-state index < -0.39 is 23.7 Å². The van der Waals surface area contributed by atoms with Crippen molar-refractivity contribution in [2.45, 2.75) is 6.61 Å². The van der Waals surface area contributed by atoms with E-state index in [0.717, 1.165) is 4.90 Å². The SMILES string of the molecule is O=C1NC(=O)N(c2ccc(O)cc2)C(=O)/C1=C/c1cc(Cl)ccc1OCc1cccc(F)c1. The average Bonchev–Trinajstić information content (AvgIpc) is 2.77. The maximum absolute atomic E-state index is 13.4. The number of aromatic hydroxyl groups is 1. The lowest BCUT2D eigenvalue weighted by molar-refractivity contribution is -0.122. The molecule has 1 aliphatic rings. The van der Waals surface area contributed by atoms with Crippen molar-refractivity contribution >= 4 is 41.2 Å². The van der Waals surface area contributed by atoms with Gasteiger partial charge in [0.25, 0.3) is 11.8 Å². The molecule has 9 heteroatoms. The number of amides is 4. The van der Waals surface area contributed by atoms with Gasteiger partial charge in [-0.1, -0.05) is 23.7 Å². The molecule has 3 aromatic rings. The lowest BCUT2D eigenvalue weighted by atomic mass is 10.1. The number of imide groups is 2. The fourth-order valence-corrected chi connectivity index (χ4v) is 3.38. The Kier molecular flexibility index (Phi) is 6.10. The molecule has 4 amide bonds. The average molecular weight is 467 g/mol. The number of carbonyl (C=O) groups is 3. The Labute approximate surface area is 192 Å². The number of barbiturate groups is 1. The van der Waals surface area contributed by atoms with Crippen molar-refractivity contribution in [3.63, 3.8) is 0 Å². The van der Waals surface area contributed by atoms with Gasteiger partial charge in [-0.2, -0.15) is 0 Å². The van der Waals surface area contributed by atoms with Crippen molar-refractivity contribution in [1.82, 2.24) is 5.32 Å². The van der Waals surface area contributed by atoms with Crippen LogP contribution in [0.4, 0.5) is 14.9 Å². The number of nitrogens with one attached hydrogen (secondary N) is 1. The fourth-order valence-electron chi connectivity index (χ4n) is 3.20. The van der Waals surface area contributed by atoms with Crippen LogP contribution in [0.1, 0.15) is 11.1 Å². The van der Waals surface area contributed by atoms with Gasteiger partial charge in [0.1, 0.15) is 29.5 Å². The minimum absolute atomic E-state index is 0.0355. The first kappa shape index (κ1) is 22.0. The summed E-state index contributed by atoms with van der Waals surface area (Å²) in [5.74, 6) is -1.89. The van der Waals surface area contributed by atoms with Crippen molar-refractivity contribution in [3.8, 4) is 11.5 Å². The quantitative estimate of drug-likeness (QED) is 0.428. The zero-order valence-electron chi connectivity index (χ0n) is 16.9. The van der Waals surface area contributed by atoms with E-state index in [-0.39, 0.29) is 23.6 Å². The Balaban J connectivity index is 1.67. The van der Waals surface area contributed by atoms with Crippen molar-refractivity contribution in [2.75, 3.05) is 4.90 Å². The van der Waals surface area contributed by atoms with Gasteiger partial charge in [-0.25, -0.2) is 14.1 Å². The molecule has 1 heterocycles. The number of carbonyl (C=O) groups excluding carboxylic acids is 3. The Hall–Kier alpha value is -4.17. The smallest absolute Gasteiger partial charge is 0.335 e. The standard InChI is InChI=1S/C24H16ClFN2O5/c25-16-4-9-21(33-13-14-2-1-3-17(26)10-14)15(11-16)12-20-22(30)27-24(32)28(23(20)31)18-5-7-19(29)8-6-18/h1-12,29H,13H2,(H,27,30,32)/b20-12+. The van der Waals surface area contributed by atoms with Crippen LogP contribution >= 0.6 is 11.6 Å². The number of benzene rings is 3. The zero-order valence-corrected chi connectivity index (χ0v) is 17.7. The van der Waals surface area contributed by atoms with Crippen LogP contribution in [-0.4, -0.2) is 23.0 Å². The molecule has 0 aromatic heterocycles. The Morgan fingerprint density at radius 2 is 1.79 bits per heavy atom. The lowest BCUT2D eigenvalue weighted by Gasteiger charge is -2.26. The van der Waals surface area contributed by atoms with Crippen LogP contribution in [0.15, 0.2) is 72.3 Å². The monoisotopic (exact) mass is 466 g/mol. The molecule has 0 aliphatic carbocycles. The first-order chi connectivity index (χ1) is 15.8. The maximum atomic E-state index is 13.4. The molecule has 1 saturated heterocycles. The molecule has 166 valence electrons. The van der Waals surface area contributed by atoms with E-state index in [2.05, 4.69) is 5.32 Å². The second-order valence-corrected chi connectivity index (χ2v) is 7.51. The molecule has 2 N–H and O–H groups in total. The largest absolute Gasteiger partial charge is 0.508 e. The van der Waals surface area contributed by atoms with Crippen LogP contribution in [0.2, 0.25) is 5.02 Å². The summed E-state index contributed by atoms with van der Waals surface area (Å²) in [5.41, 5.74) is 0.750. The summed E-state index contributed by atoms with van der Waals surface area (Å²) in [4.78, 5) is 38.6. The van der Waals surface area contributed by atoms with Crippen molar-refractivity contribution < 1.29 is 28.6 Å². The maximum Gasteiger partial charge on any atom is 0.335 e. The van der Waals surface area contributed by atoms with Gasteiger partial charge in [-0.15, -0.1) is 0 Å². The number of hydrogen-bond acceptors (Lipinski definition) is 5. The summed E-state index contributed by atoms with van der Waals surface area (Å²) < 4.78 is 19.2. The summed E-state index contributed by atoms with van der Waals surface area (Å²) >= 11 is 6.10. The summed E-state index contributed by atoms with van der Waals surface area (Å²) in [6, 6.07) is 15.0. The molecule has 0 saturated carbocycles. The zero-order chi connectivity index (χ0) is 23.5. The summed E-state index contributed by atoms with van der Waals surface area (Å²) in [5, 5.41) is 11.9. The van der Waals surface area contributed by atoms with Crippen LogP contribution in [0, 0.1) is 5.82 Å². The normalized spacial score (nSPS) is 15.0. The van der Waals surface area contributed by atoms with Gasteiger partial charge >= 0.3 is 6.03 Å². The second kappa shape index (κ2) is 9.13. The number of nitrogens with zero attached hydrogens (tertiary/aromatic N) is 1. The Morgan fingerprint density at radius 1 is 1.03 bits per heavy atom. The van der Waals surface area contributed by atoms with E-state index in [1.54, 1.807) is 24.3 Å². The van der Waals surface area contributed by atoms with Crippen LogP contribution < -0.4 is 15.0 Å². The highest BCUT2D eigenvalue weighted by atomic mass is 35.5. The molecule has 3 aromatic carbocycles. The van der Waals surface area contributed by atoms with Crippen molar-refractivity contribution in [3.05, 3.63) is 94.3 Å². The topological polar surface area (TPSA) is 95.9 Å². The molecular formula is C24H16ClFN2O5. The molecule has 4 rings (SSSR count). The molecule has 1 fully saturated rings. The molecule has 0 radical (unpaired) electrons. The molecule has 1 aliphatic heterocycles. The summed E-state index contributed by atoms with van der Waals surface area (Å²) in [6.07, 6.45) is 1.27. The van der Waals surface area contributed by atoms with Crippen LogP contribution in [0.3, 0.4) is 0 Å². The van der Waals surface area contributed by atoms with E-state index >= 15 is 0 Å². The van der Waals surface area contributed by atoms with Crippen LogP contribution in [0.5, 0.6) is 11.5 Å². The highest BCUT2D eigenvalue weighted by Crippen LogP contribution is 2.29. The van der Waals surface area contributed by atoms with E-state index in [1.165, 1.54) is 48.5 Å². The second-order valence-electron chi connectivity index (χ2n) is 7.07. The van der Waals surface area contributed by atoms with Gasteiger partial charge in [0.05, 0.1) is 5.69 Å². The first-order valence-electron chi connectivity index (χ1n) is 9.69. The molecule has 0 atom stereocenters. The number of anilines is 1. The van der Waals surface area contributed by atoms with Gasteiger partial charge in [0.2, 0.25) is 0 Å².